The van der Waals surface area contributed by atoms with Crippen molar-refractivity contribution in [2.45, 2.75) is 25.1 Å². The molecule has 0 saturated carbocycles. The van der Waals surface area contributed by atoms with E-state index in [9.17, 15) is 14.9 Å². The summed E-state index contributed by atoms with van der Waals surface area (Å²) in [7, 11) is 0. The van der Waals surface area contributed by atoms with Crippen LogP contribution in [0.2, 0.25) is 5.02 Å². The monoisotopic (exact) mass is 378 g/mol. The van der Waals surface area contributed by atoms with E-state index in [4.69, 9.17) is 11.6 Å². The lowest BCUT2D eigenvalue weighted by atomic mass is 10.1. The lowest BCUT2D eigenvalue weighted by Crippen LogP contribution is -2.28. The zero-order chi connectivity index (χ0) is 18.4. The molecule has 0 bridgehead atoms. The molecule has 0 aliphatic rings. The summed E-state index contributed by atoms with van der Waals surface area (Å²) in [5.41, 5.74) is 1.83. The van der Waals surface area contributed by atoms with Crippen molar-refractivity contribution in [2.75, 3.05) is 5.75 Å². The summed E-state index contributed by atoms with van der Waals surface area (Å²) < 4.78 is 0. The van der Waals surface area contributed by atoms with E-state index in [1.54, 1.807) is 18.2 Å². The molecule has 0 heterocycles. The van der Waals surface area contributed by atoms with E-state index in [1.165, 1.54) is 17.8 Å². The highest BCUT2D eigenvalue weighted by atomic mass is 35.5. The third-order valence-corrected chi connectivity index (χ3v) is 5.18. The van der Waals surface area contributed by atoms with Crippen molar-refractivity contribution in [3.05, 3.63) is 74.8 Å². The van der Waals surface area contributed by atoms with Crippen molar-refractivity contribution >= 4 is 35.0 Å². The van der Waals surface area contributed by atoms with Gasteiger partial charge in [-0.15, -0.1) is 11.8 Å². The number of nitro benzene ring substituents is 1. The van der Waals surface area contributed by atoms with Crippen LogP contribution in [0.15, 0.2) is 48.5 Å². The molecule has 0 unspecified atom stereocenters. The van der Waals surface area contributed by atoms with Gasteiger partial charge in [-0.2, -0.15) is 0 Å². The highest BCUT2D eigenvalue weighted by Gasteiger charge is 2.15. The van der Waals surface area contributed by atoms with Gasteiger partial charge in [0, 0.05) is 22.4 Å². The average molecular weight is 379 g/mol. The van der Waals surface area contributed by atoms with Crippen molar-refractivity contribution in [2.24, 2.45) is 0 Å². The lowest BCUT2D eigenvalue weighted by molar-refractivity contribution is -0.384. The minimum Gasteiger partial charge on any atom is -0.349 e. The van der Waals surface area contributed by atoms with Crippen LogP contribution < -0.4 is 5.32 Å². The summed E-state index contributed by atoms with van der Waals surface area (Å²) in [6, 6.07) is 13.7. The van der Waals surface area contributed by atoms with Gasteiger partial charge in [0.15, 0.2) is 0 Å². The smallest absolute Gasteiger partial charge is 0.269 e. The molecule has 1 amide bonds. The predicted molar refractivity (Wildman–Crippen MR) is 102 cm³/mol. The van der Waals surface area contributed by atoms with Crippen molar-refractivity contribution < 1.29 is 9.72 Å². The third-order valence-electron chi connectivity index (χ3n) is 3.74. The number of non-ortho nitro benzene ring substituents is 1. The van der Waals surface area contributed by atoms with Crippen LogP contribution in [-0.4, -0.2) is 16.6 Å². The number of nitro groups is 1. The van der Waals surface area contributed by atoms with E-state index >= 15 is 0 Å². The molecule has 5 nitrogen and oxygen atoms in total. The van der Waals surface area contributed by atoms with Gasteiger partial charge in [-0.1, -0.05) is 35.9 Å². The minimum atomic E-state index is -0.416. The molecule has 2 atom stereocenters. The van der Waals surface area contributed by atoms with E-state index in [1.807, 2.05) is 38.1 Å². The number of hydrogen-bond donors (Lipinski definition) is 1. The van der Waals surface area contributed by atoms with E-state index in [0.29, 0.717) is 5.02 Å². The molecule has 7 heteroatoms. The number of amides is 1. The Balaban J connectivity index is 1.89. The van der Waals surface area contributed by atoms with Gasteiger partial charge in [0.05, 0.1) is 16.7 Å². The van der Waals surface area contributed by atoms with Crippen molar-refractivity contribution in [1.82, 2.24) is 5.32 Å². The Morgan fingerprint density at radius 3 is 2.56 bits per heavy atom. The Hall–Kier alpha value is -2.05. The molecule has 132 valence electrons. The van der Waals surface area contributed by atoms with E-state index in [2.05, 4.69) is 5.32 Å². The highest BCUT2D eigenvalue weighted by molar-refractivity contribution is 8.00. The van der Waals surface area contributed by atoms with Crippen molar-refractivity contribution in [3.8, 4) is 0 Å². The Morgan fingerprint density at radius 2 is 1.88 bits per heavy atom. The second-order valence-corrected chi connectivity index (χ2v) is 7.42. The van der Waals surface area contributed by atoms with Crippen LogP contribution in [0.4, 0.5) is 5.69 Å². The van der Waals surface area contributed by atoms with Gasteiger partial charge in [-0.05, 0) is 37.1 Å². The topological polar surface area (TPSA) is 72.2 Å². The highest BCUT2D eigenvalue weighted by Crippen LogP contribution is 2.30. The van der Waals surface area contributed by atoms with Crippen LogP contribution in [0.3, 0.4) is 0 Å². The van der Waals surface area contributed by atoms with Crippen LogP contribution in [0.1, 0.15) is 36.3 Å². The van der Waals surface area contributed by atoms with Gasteiger partial charge < -0.3 is 5.32 Å². The summed E-state index contributed by atoms with van der Waals surface area (Å²) in [5, 5.41) is 14.4. The van der Waals surface area contributed by atoms with Crippen LogP contribution in [0, 0.1) is 10.1 Å². The first-order valence-corrected chi connectivity index (χ1v) is 9.20. The molecule has 0 fully saturated rings. The summed E-state index contributed by atoms with van der Waals surface area (Å²) >= 11 is 7.40. The Morgan fingerprint density at radius 1 is 1.20 bits per heavy atom. The van der Waals surface area contributed by atoms with Gasteiger partial charge in [0.25, 0.3) is 5.69 Å². The Kier molecular flexibility index (Phi) is 6.84. The minimum absolute atomic E-state index is 0.0212. The van der Waals surface area contributed by atoms with Crippen LogP contribution in [0.25, 0.3) is 0 Å². The van der Waals surface area contributed by atoms with E-state index in [0.717, 1.165) is 11.1 Å². The molecule has 1 N–H and O–H groups in total. The first-order chi connectivity index (χ1) is 11.9. The number of carbonyl (C=O) groups is 1. The number of nitrogens with one attached hydrogen (secondary N) is 1. The summed E-state index contributed by atoms with van der Waals surface area (Å²) in [5.74, 6) is 0.184. The molecular weight excluding hydrogens is 360 g/mol. The summed E-state index contributed by atoms with van der Waals surface area (Å²) in [6.07, 6.45) is 0. The molecule has 0 aliphatic heterocycles. The molecule has 0 spiro atoms. The second-order valence-electron chi connectivity index (χ2n) is 5.65. The number of nitrogens with zero attached hydrogens (tertiary/aromatic N) is 1. The summed E-state index contributed by atoms with van der Waals surface area (Å²) in [4.78, 5) is 22.6. The van der Waals surface area contributed by atoms with Gasteiger partial charge in [0.2, 0.25) is 5.91 Å². The van der Waals surface area contributed by atoms with Crippen LogP contribution in [0.5, 0.6) is 0 Å². The standard InChI is InChI=1S/C18H19ClN2O3S/c1-12(14-5-3-7-16(19)9-14)20-18(22)11-25-13(2)15-6-4-8-17(10-15)21(23)24/h3-10,12-13H,11H2,1-2H3,(H,20,22)/t12-,13+/m1/s1. The molecule has 0 saturated heterocycles. The number of hydrogen-bond acceptors (Lipinski definition) is 4. The Bertz CT molecular complexity index is 769. The first kappa shape index (κ1) is 19.3. The molecule has 0 aliphatic carbocycles. The maximum absolute atomic E-state index is 12.1. The number of carbonyl (C=O) groups excluding carboxylic acids is 1. The van der Waals surface area contributed by atoms with Gasteiger partial charge >= 0.3 is 0 Å². The van der Waals surface area contributed by atoms with Gasteiger partial charge in [-0.3, -0.25) is 14.9 Å². The van der Waals surface area contributed by atoms with Crippen LogP contribution in [-0.2, 0) is 4.79 Å². The fraction of sp³-hybridized carbons (Fsp3) is 0.278. The van der Waals surface area contributed by atoms with E-state index < -0.39 is 4.92 Å². The fourth-order valence-electron chi connectivity index (χ4n) is 2.33. The normalized spacial score (nSPS) is 13.1. The second kappa shape index (κ2) is 8.87. The van der Waals surface area contributed by atoms with Gasteiger partial charge in [0.1, 0.15) is 0 Å². The molecule has 2 aromatic carbocycles. The molecule has 0 aromatic heterocycles. The molecule has 2 aromatic rings. The van der Waals surface area contributed by atoms with Gasteiger partial charge in [-0.25, -0.2) is 0 Å². The number of rotatable bonds is 7. The quantitative estimate of drug-likeness (QED) is 0.548. The first-order valence-electron chi connectivity index (χ1n) is 7.77. The number of thioether (sulfide) groups is 1. The largest absolute Gasteiger partial charge is 0.349 e. The van der Waals surface area contributed by atoms with Crippen molar-refractivity contribution in [1.29, 1.82) is 0 Å². The molecule has 25 heavy (non-hydrogen) atoms. The predicted octanol–water partition coefficient (Wildman–Crippen LogP) is 4.92. The van der Waals surface area contributed by atoms with E-state index in [-0.39, 0.29) is 28.6 Å². The molecule has 0 radical (unpaired) electrons. The maximum Gasteiger partial charge on any atom is 0.269 e. The average Bonchev–Trinajstić information content (AvgIpc) is 2.59. The maximum atomic E-state index is 12.1. The fourth-order valence-corrected chi connectivity index (χ4v) is 3.35. The molecule has 2 rings (SSSR count). The zero-order valence-corrected chi connectivity index (χ0v) is 15.5. The SMILES string of the molecule is C[C@H](SCC(=O)N[C@H](C)c1cccc(Cl)c1)c1cccc([N+](=O)[O-])c1. The number of benzene rings is 2. The van der Waals surface area contributed by atoms with Crippen LogP contribution >= 0.6 is 23.4 Å². The zero-order valence-electron chi connectivity index (χ0n) is 13.9. The Labute approximate surface area is 155 Å². The third kappa shape index (κ3) is 5.76. The number of halogens is 1. The van der Waals surface area contributed by atoms with Crippen molar-refractivity contribution in [3.63, 3.8) is 0 Å². The lowest BCUT2D eigenvalue weighted by Gasteiger charge is -2.16. The molecular formula is C18H19ClN2O3S. The summed E-state index contributed by atoms with van der Waals surface area (Å²) in [6.45, 7) is 3.83.